The smallest absolute Gasteiger partial charge is 0.117 e. The maximum Gasteiger partial charge on any atom is 0.117 e. The zero-order chi connectivity index (χ0) is 10.6. The summed E-state index contributed by atoms with van der Waals surface area (Å²) >= 11 is 0. The summed E-state index contributed by atoms with van der Waals surface area (Å²) in [6.07, 6.45) is -0.903. The number of halogens is 1. The Balaban J connectivity index is 2.69. The SMILES string of the molecule is Cc1ccccc1N(C)CC(O)CF. The van der Waals surface area contributed by atoms with E-state index in [1.165, 1.54) is 0 Å². The summed E-state index contributed by atoms with van der Waals surface area (Å²) in [4.78, 5) is 1.86. The number of nitrogens with zero attached hydrogens (tertiary/aromatic N) is 1. The Bertz CT molecular complexity index is 290. The Labute approximate surface area is 84.0 Å². The summed E-state index contributed by atoms with van der Waals surface area (Å²) in [5.41, 5.74) is 2.15. The maximum absolute atomic E-state index is 12.1. The third-order valence-electron chi connectivity index (χ3n) is 2.19. The monoisotopic (exact) mass is 197 g/mol. The first kappa shape index (κ1) is 11.0. The first-order valence-corrected chi connectivity index (χ1v) is 4.66. The molecule has 3 heteroatoms. The van der Waals surface area contributed by atoms with Gasteiger partial charge >= 0.3 is 0 Å². The van der Waals surface area contributed by atoms with Crippen molar-refractivity contribution in [2.24, 2.45) is 0 Å². The van der Waals surface area contributed by atoms with E-state index >= 15 is 0 Å². The molecule has 0 amide bonds. The van der Waals surface area contributed by atoms with Crippen LogP contribution in [0, 0.1) is 6.92 Å². The number of para-hydroxylation sites is 1. The zero-order valence-corrected chi connectivity index (χ0v) is 8.57. The second kappa shape index (κ2) is 4.96. The van der Waals surface area contributed by atoms with Gasteiger partial charge in [0.2, 0.25) is 0 Å². The number of likely N-dealkylation sites (N-methyl/N-ethyl adjacent to an activating group) is 1. The molecule has 0 saturated carbocycles. The molecule has 0 aliphatic carbocycles. The van der Waals surface area contributed by atoms with Crippen molar-refractivity contribution in [3.63, 3.8) is 0 Å². The molecule has 0 aromatic heterocycles. The molecule has 14 heavy (non-hydrogen) atoms. The van der Waals surface area contributed by atoms with Crippen LogP contribution in [0.2, 0.25) is 0 Å². The van der Waals surface area contributed by atoms with E-state index in [4.69, 9.17) is 5.11 Å². The van der Waals surface area contributed by atoms with Crippen molar-refractivity contribution in [2.45, 2.75) is 13.0 Å². The molecule has 0 bridgehead atoms. The van der Waals surface area contributed by atoms with Crippen LogP contribution in [0.3, 0.4) is 0 Å². The largest absolute Gasteiger partial charge is 0.389 e. The number of hydrogen-bond acceptors (Lipinski definition) is 2. The Morgan fingerprint density at radius 2 is 2.07 bits per heavy atom. The number of aliphatic hydroxyl groups excluding tert-OH is 1. The van der Waals surface area contributed by atoms with Gasteiger partial charge in [-0.15, -0.1) is 0 Å². The number of aliphatic hydroxyl groups is 1. The number of hydrogen-bond donors (Lipinski definition) is 1. The lowest BCUT2D eigenvalue weighted by atomic mass is 10.2. The highest BCUT2D eigenvalue weighted by molar-refractivity contribution is 5.52. The number of aryl methyl sites for hydroxylation is 1. The minimum atomic E-state index is -0.903. The van der Waals surface area contributed by atoms with Crippen molar-refractivity contribution in [1.82, 2.24) is 0 Å². The maximum atomic E-state index is 12.1. The molecule has 1 atom stereocenters. The quantitative estimate of drug-likeness (QED) is 0.795. The molecule has 0 aliphatic heterocycles. The van der Waals surface area contributed by atoms with E-state index in [1.807, 2.05) is 43.1 Å². The average molecular weight is 197 g/mol. The highest BCUT2D eigenvalue weighted by atomic mass is 19.1. The van der Waals surface area contributed by atoms with E-state index in [1.54, 1.807) is 0 Å². The Morgan fingerprint density at radius 3 is 2.64 bits per heavy atom. The topological polar surface area (TPSA) is 23.5 Å². The Kier molecular flexibility index (Phi) is 3.89. The second-order valence-corrected chi connectivity index (χ2v) is 3.48. The standard InChI is InChI=1S/C11H16FNO/c1-9-5-3-4-6-11(9)13(2)8-10(14)7-12/h3-6,10,14H,7-8H2,1-2H3. The van der Waals surface area contributed by atoms with E-state index in [2.05, 4.69) is 0 Å². The van der Waals surface area contributed by atoms with E-state index < -0.39 is 12.8 Å². The van der Waals surface area contributed by atoms with Crippen LogP contribution in [0.5, 0.6) is 0 Å². The van der Waals surface area contributed by atoms with E-state index in [0.29, 0.717) is 6.54 Å². The van der Waals surface area contributed by atoms with Gasteiger partial charge in [-0.25, -0.2) is 4.39 Å². The molecule has 1 rings (SSSR count). The molecular formula is C11H16FNO. The van der Waals surface area contributed by atoms with Gasteiger partial charge in [0.15, 0.2) is 0 Å². The van der Waals surface area contributed by atoms with Crippen LogP contribution >= 0.6 is 0 Å². The number of benzene rings is 1. The van der Waals surface area contributed by atoms with Crippen molar-refractivity contribution >= 4 is 5.69 Å². The Morgan fingerprint density at radius 1 is 1.43 bits per heavy atom. The van der Waals surface area contributed by atoms with Crippen molar-refractivity contribution < 1.29 is 9.50 Å². The highest BCUT2D eigenvalue weighted by Gasteiger charge is 2.09. The van der Waals surface area contributed by atoms with E-state index in [0.717, 1.165) is 11.3 Å². The van der Waals surface area contributed by atoms with Gasteiger partial charge in [0.25, 0.3) is 0 Å². The molecule has 0 saturated heterocycles. The van der Waals surface area contributed by atoms with Gasteiger partial charge in [0.1, 0.15) is 6.67 Å². The predicted molar refractivity (Wildman–Crippen MR) is 56.4 cm³/mol. The lowest BCUT2D eigenvalue weighted by molar-refractivity contribution is 0.146. The number of rotatable bonds is 4. The molecule has 0 radical (unpaired) electrons. The lowest BCUT2D eigenvalue weighted by Crippen LogP contribution is -2.30. The molecule has 0 fully saturated rings. The predicted octanol–water partition coefficient (Wildman–Crippen LogP) is 1.76. The summed E-state index contributed by atoms with van der Waals surface area (Å²) in [6.45, 7) is 1.62. The fraction of sp³-hybridized carbons (Fsp3) is 0.455. The number of anilines is 1. The van der Waals surface area contributed by atoms with Gasteiger partial charge in [0, 0.05) is 19.3 Å². The Hall–Kier alpha value is -1.09. The van der Waals surface area contributed by atoms with Crippen LogP contribution in [0.1, 0.15) is 5.56 Å². The molecular weight excluding hydrogens is 181 g/mol. The molecule has 0 spiro atoms. The van der Waals surface area contributed by atoms with Crippen molar-refractivity contribution in [3.05, 3.63) is 29.8 Å². The van der Waals surface area contributed by atoms with Gasteiger partial charge in [-0.05, 0) is 18.6 Å². The minimum Gasteiger partial charge on any atom is -0.389 e. The lowest BCUT2D eigenvalue weighted by Gasteiger charge is -2.23. The van der Waals surface area contributed by atoms with Gasteiger partial charge in [-0.1, -0.05) is 18.2 Å². The molecule has 78 valence electrons. The second-order valence-electron chi connectivity index (χ2n) is 3.48. The minimum absolute atomic E-state index is 0.321. The first-order chi connectivity index (χ1) is 6.65. The molecule has 1 aromatic carbocycles. The molecule has 0 aliphatic rings. The molecule has 0 heterocycles. The van der Waals surface area contributed by atoms with Crippen LogP contribution in [0.4, 0.5) is 10.1 Å². The van der Waals surface area contributed by atoms with Crippen molar-refractivity contribution in [2.75, 3.05) is 25.2 Å². The third-order valence-corrected chi connectivity index (χ3v) is 2.19. The van der Waals surface area contributed by atoms with Crippen LogP contribution in [0.25, 0.3) is 0 Å². The summed E-state index contributed by atoms with van der Waals surface area (Å²) < 4.78 is 12.1. The molecule has 1 unspecified atom stereocenters. The summed E-state index contributed by atoms with van der Waals surface area (Å²) in [6, 6.07) is 7.84. The van der Waals surface area contributed by atoms with Gasteiger partial charge in [0.05, 0.1) is 6.10 Å². The van der Waals surface area contributed by atoms with Crippen LogP contribution in [-0.4, -0.2) is 31.5 Å². The number of alkyl halides is 1. The normalized spacial score (nSPS) is 12.6. The molecule has 2 nitrogen and oxygen atoms in total. The van der Waals surface area contributed by atoms with Gasteiger partial charge in [-0.3, -0.25) is 0 Å². The van der Waals surface area contributed by atoms with E-state index in [9.17, 15) is 4.39 Å². The fourth-order valence-corrected chi connectivity index (χ4v) is 1.45. The van der Waals surface area contributed by atoms with Crippen molar-refractivity contribution in [1.29, 1.82) is 0 Å². The van der Waals surface area contributed by atoms with Crippen molar-refractivity contribution in [3.8, 4) is 0 Å². The van der Waals surface area contributed by atoms with E-state index in [-0.39, 0.29) is 0 Å². The molecule has 1 N–H and O–H groups in total. The highest BCUT2D eigenvalue weighted by Crippen LogP contribution is 2.17. The summed E-state index contributed by atoms with van der Waals surface area (Å²) in [5.74, 6) is 0. The van der Waals surface area contributed by atoms with Crippen LogP contribution in [0.15, 0.2) is 24.3 Å². The summed E-state index contributed by atoms with van der Waals surface area (Å²) in [7, 11) is 1.85. The fourth-order valence-electron chi connectivity index (χ4n) is 1.45. The van der Waals surface area contributed by atoms with Gasteiger partial charge < -0.3 is 10.0 Å². The van der Waals surface area contributed by atoms with Crippen LogP contribution < -0.4 is 4.90 Å². The van der Waals surface area contributed by atoms with Crippen LogP contribution in [-0.2, 0) is 0 Å². The summed E-state index contributed by atoms with van der Waals surface area (Å²) in [5, 5.41) is 9.16. The zero-order valence-electron chi connectivity index (χ0n) is 8.57. The average Bonchev–Trinajstić information content (AvgIpc) is 2.18. The third kappa shape index (κ3) is 2.70. The van der Waals surface area contributed by atoms with Gasteiger partial charge in [-0.2, -0.15) is 0 Å². The first-order valence-electron chi connectivity index (χ1n) is 4.66. The molecule has 1 aromatic rings.